The average Bonchev–Trinajstić information content (AvgIpc) is 2.49. The SMILES string of the molecule is CC(=O)Oc1csc2c(C)cccc12. The van der Waals surface area contributed by atoms with Crippen molar-refractivity contribution in [1.82, 2.24) is 0 Å². The van der Waals surface area contributed by atoms with Crippen LogP contribution in [0.5, 0.6) is 5.75 Å². The summed E-state index contributed by atoms with van der Waals surface area (Å²) < 4.78 is 6.28. The third kappa shape index (κ3) is 1.51. The molecule has 0 saturated heterocycles. The summed E-state index contributed by atoms with van der Waals surface area (Å²) in [7, 11) is 0. The number of hydrogen-bond donors (Lipinski definition) is 0. The third-order valence-corrected chi connectivity index (χ3v) is 3.12. The first-order chi connectivity index (χ1) is 6.68. The topological polar surface area (TPSA) is 26.3 Å². The van der Waals surface area contributed by atoms with Gasteiger partial charge in [0.15, 0.2) is 0 Å². The number of ether oxygens (including phenoxy) is 1. The fourth-order valence-corrected chi connectivity index (χ4v) is 2.36. The molecule has 0 aliphatic carbocycles. The van der Waals surface area contributed by atoms with E-state index in [0.29, 0.717) is 5.75 Å². The molecule has 0 N–H and O–H groups in total. The van der Waals surface area contributed by atoms with E-state index in [4.69, 9.17) is 4.74 Å². The van der Waals surface area contributed by atoms with E-state index >= 15 is 0 Å². The number of rotatable bonds is 1. The molecule has 2 rings (SSSR count). The molecule has 0 bridgehead atoms. The van der Waals surface area contributed by atoms with Gasteiger partial charge in [-0.3, -0.25) is 4.79 Å². The van der Waals surface area contributed by atoms with Crippen molar-refractivity contribution in [2.24, 2.45) is 0 Å². The first kappa shape index (κ1) is 9.21. The Kier molecular flexibility index (Phi) is 2.25. The summed E-state index contributed by atoms with van der Waals surface area (Å²) in [5.41, 5.74) is 1.21. The summed E-state index contributed by atoms with van der Waals surface area (Å²) in [6.45, 7) is 3.47. The van der Waals surface area contributed by atoms with Crippen LogP contribution in [0.15, 0.2) is 23.6 Å². The van der Waals surface area contributed by atoms with Gasteiger partial charge in [-0.05, 0) is 18.6 Å². The molecule has 0 fully saturated rings. The normalized spacial score (nSPS) is 10.4. The van der Waals surface area contributed by atoms with Gasteiger partial charge in [-0.15, -0.1) is 11.3 Å². The second-order valence-electron chi connectivity index (χ2n) is 3.15. The fourth-order valence-electron chi connectivity index (χ4n) is 1.41. The molecule has 1 heterocycles. The van der Waals surface area contributed by atoms with Crippen LogP contribution in [0.4, 0.5) is 0 Å². The molecular weight excluding hydrogens is 196 g/mol. The molecule has 0 unspecified atom stereocenters. The Labute approximate surface area is 86.1 Å². The smallest absolute Gasteiger partial charge is 0.308 e. The van der Waals surface area contributed by atoms with Crippen LogP contribution in [-0.2, 0) is 4.79 Å². The van der Waals surface area contributed by atoms with Gasteiger partial charge in [0.1, 0.15) is 5.75 Å². The van der Waals surface area contributed by atoms with E-state index in [1.165, 1.54) is 17.2 Å². The minimum atomic E-state index is -0.272. The molecule has 2 aromatic rings. The van der Waals surface area contributed by atoms with Crippen molar-refractivity contribution in [3.8, 4) is 5.75 Å². The Hall–Kier alpha value is -1.35. The zero-order valence-electron chi connectivity index (χ0n) is 8.03. The Morgan fingerprint density at radius 3 is 2.93 bits per heavy atom. The second-order valence-corrected chi connectivity index (χ2v) is 4.02. The molecule has 14 heavy (non-hydrogen) atoms. The van der Waals surface area contributed by atoms with Crippen molar-refractivity contribution in [2.45, 2.75) is 13.8 Å². The van der Waals surface area contributed by atoms with Gasteiger partial charge in [-0.25, -0.2) is 0 Å². The second kappa shape index (κ2) is 3.42. The Morgan fingerprint density at radius 2 is 2.21 bits per heavy atom. The molecule has 2 nitrogen and oxygen atoms in total. The van der Waals surface area contributed by atoms with Gasteiger partial charge in [-0.2, -0.15) is 0 Å². The zero-order chi connectivity index (χ0) is 10.1. The van der Waals surface area contributed by atoms with Gasteiger partial charge in [0.05, 0.1) is 0 Å². The number of thiophene rings is 1. The van der Waals surface area contributed by atoms with Crippen LogP contribution in [-0.4, -0.2) is 5.97 Å². The van der Waals surface area contributed by atoms with Gasteiger partial charge >= 0.3 is 5.97 Å². The van der Waals surface area contributed by atoms with E-state index in [9.17, 15) is 4.79 Å². The van der Waals surface area contributed by atoms with Crippen molar-refractivity contribution in [2.75, 3.05) is 0 Å². The van der Waals surface area contributed by atoms with E-state index in [-0.39, 0.29) is 5.97 Å². The molecule has 1 aromatic carbocycles. The predicted molar refractivity (Wildman–Crippen MR) is 57.9 cm³/mol. The summed E-state index contributed by atoms with van der Waals surface area (Å²) >= 11 is 1.61. The fraction of sp³-hybridized carbons (Fsp3) is 0.182. The van der Waals surface area contributed by atoms with E-state index in [1.54, 1.807) is 11.3 Å². The van der Waals surface area contributed by atoms with E-state index < -0.39 is 0 Å². The summed E-state index contributed by atoms with van der Waals surface area (Å²) in [4.78, 5) is 10.8. The van der Waals surface area contributed by atoms with Gasteiger partial charge in [-0.1, -0.05) is 12.1 Å². The van der Waals surface area contributed by atoms with Crippen LogP contribution >= 0.6 is 11.3 Å². The highest BCUT2D eigenvalue weighted by Gasteiger charge is 2.07. The molecule has 1 aromatic heterocycles. The maximum absolute atomic E-state index is 10.8. The monoisotopic (exact) mass is 206 g/mol. The minimum absolute atomic E-state index is 0.272. The first-order valence-electron chi connectivity index (χ1n) is 4.33. The van der Waals surface area contributed by atoms with Gasteiger partial charge in [0.2, 0.25) is 0 Å². The van der Waals surface area contributed by atoms with Gasteiger partial charge < -0.3 is 4.74 Å². The van der Waals surface area contributed by atoms with E-state index in [1.807, 2.05) is 17.5 Å². The van der Waals surface area contributed by atoms with Crippen LogP contribution in [0.3, 0.4) is 0 Å². The Morgan fingerprint density at radius 1 is 1.43 bits per heavy atom. The number of carbonyl (C=O) groups excluding carboxylic acids is 1. The van der Waals surface area contributed by atoms with Crippen molar-refractivity contribution in [3.05, 3.63) is 29.1 Å². The predicted octanol–water partition coefficient (Wildman–Crippen LogP) is 3.14. The maximum Gasteiger partial charge on any atom is 0.308 e. The number of carbonyl (C=O) groups is 1. The molecule has 0 aliphatic rings. The van der Waals surface area contributed by atoms with Gasteiger partial charge in [0.25, 0.3) is 0 Å². The summed E-state index contributed by atoms with van der Waals surface area (Å²) in [6, 6.07) is 5.99. The largest absolute Gasteiger partial charge is 0.425 e. The number of fused-ring (bicyclic) bond motifs is 1. The lowest BCUT2D eigenvalue weighted by atomic mass is 10.2. The van der Waals surface area contributed by atoms with Crippen LogP contribution < -0.4 is 4.74 Å². The highest BCUT2D eigenvalue weighted by molar-refractivity contribution is 7.17. The van der Waals surface area contributed by atoms with Crippen molar-refractivity contribution >= 4 is 27.4 Å². The Bertz CT molecular complexity index is 485. The molecular formula is C11H10O2S. The maximum atomic E-state index is 10.8. The summed E-state index contributed by atoms with van der Waals surface area (Å²) in [6.07, 6.45) is 0. The summed E-state index contributed by atoms with van der Waals surface area (Å²) in [5.74, 6) is 0.396. The lowest BCUT2D eigenvalue weighted by Gasteiger charge is -1.99. The molecule has 0 radical (unpaired) electrons. The average molecular weight is 206 g/mol. The van der Waals surface area contributed by atoms with Crippen molar-refractivity contribution < 1.29 is 9.53 Å². The molecule has 0 atom stereocenters. The quantitative estimate of drug-likeness (QED) is 0.670. The van der Waals surface area contributed by atoms with Crippen LogP contribution in [0, 0.1) is 6.92 Å². The standard InChI is InChI=1S/C11H10O2S/c1-7-4-3-5-9-10(13-8(2)12)6-14-11(7)9/h3-6H,1-2H3. The highest BCUT2D eigenvalue weighted by Crippen LogP contribution is 2.34. The number of aryl methyl sites for hydroxylation is 1. The van der Waals surface area contributed by atoms with Crippen LogP contribution in [0.1, 0.15) is 12.5 Å². The van der Waals surface area contributed by atoms with Crippen molar-refractivity contribution in [1.29, 1.82) is 0 Å². The lowest BCUT2D eigenvalue weighted by Crippen LogP contribution is -2.00. The zero-order valence-corrected chi connectivity index (χ0v) is 8.85. The van der Waals surface area contributed by atoms with E-state index in [2.05, 4.69) is 13.0 Å². The molecule has 0 saturated carbocycles. The van der Waals surface area contributed by atoms with Gasteiger partial charge in [0, 0.05) is 22.4 Å². The summed E-state index contributed by atoms with van der Waals surface area (Å²) in [5, 5.41) is 2.89. The molecule has 0 spiro atoms. The van der Waals surface area contributed by atoms with Crippen LogP contribution in [0.2, 0.25) is 0 Å². The highest BCUT2D eigenvalue weighted by atomic mass is 32.1. The number of esters is 1. The van der Waals surface area contributed by atoms with Crippen LogP contribution in [0.25, 0.3) is 10.1 Å². The third-order valence-electron chi connectivity index (χ3n) is 2.01. The molecule has 0 aliphatic heterocycles. The molecule has 3 heteroatoms. The lowest BCUT2D eigenvalue weighted by molar-refractivity contribution is -0.131. The number of hydrogen-bond acceptors (Lipinski definition) is 3. The molecule has 72 valence electrons. The molecule has 0 amide bonds. The first-order valence-corrected chi connectivity index (χ1v) is 5.21. The number of benzene rings is 1. The minimum Gasteiger partial charge on any atom is -0.425 e. The van der Waals surface area contributed by atoms with E-state index in [0.717, 1.165) is 5.39 Å². The Balaban J connectivity index is 2.58. The van der Waals surface area contributed by atoms with Crippen molar-refractivity contribution in [3.63, 3.8) is 0 Å².